The molecule has 90 valence electrons. The largest absolute Gasteiger partial charge is 0.488 e. The molecule has 0 saturated heterocycles. The molecule has 0 aromatic heterocycles. The number of hydrogen-bond acceptors (Lipinski definition) is 3. The van der Waals surface area contributed by atoms with Gasteiger partial charge >= 0.3 is 0 Å². The van der Waals surface area contributed by atoms with Crippen LogP contribution in [0, 0.1) is 5.82 Å². The molecule has 4 heteroatoms. The van der Waals surface area contributed by atoms with Crippen molar-refractivity contribution in [2.45, 2.75) is 19.4 Å². The van der Waals surface area contributed by atoms with Gasteiger partial charge < -0.3 is 15.2 Å². The van der Waals surface area contributed by atoms with Crippen LogP contribution >= 0.6 is 0 Å². The Morgan fingerprint density at radius 1 is 1.31 bits per heavy atom. The maximum absolute atomic E-state index is 13.1. The lowest BCUT2D eigenvalue weighted by Crippen LogP contribution is -2.26. The van der Waals surface area contributed by atoms with Crippen LogP contribution in [0.15, 0.2) is 24.3 Å². The Morgan fingerprint density at radius 2 is 2.06 bits per heavy atom. The van der Waals surface area contributed by atoms with E-state index in [2.05, 4.69) is 0 Å². The summed E-state index contributed by atoms with van der Waals surface area (Å²) in [4.78, 5) is 0. The minimum Gasteiger partial charge on any atom is -0.488 e. The SMILES string of the molecule is CCC(N)COCCOc1ccccc1F. The minimum atomic E-state index is -0.354. The fourth-order valence-corrected chi connectivity index (χ4v) is 1.12. The second kappa shape index (κ2) is 7.19. The summed E-state index contributed by atoms with van der Waals surface area (Å²) >= 11 is 0. The lowest BCUT2D eigenvalue weighted by molar-refractivity contribution is 0.0885. The number of ether oxygens (including phenoxy) is 2. The second-order valence-corrected chi connectivity index (χ2v) is 3.52. The van der Waals surface area contributed by atoms with E-state index < -0.39 is 0 Å². The van der Waals surface area contributed by atoms with E-state index in [1.165, 1.54) is 6.07 Å². The zero-order valence-electron chi connectivity index (χ0n) is 9.49. The third-order valence-electron chi connectivity index (χ3n) is 2.18. The first-order valence-corrected chi connectivity index (χ1v) is 5.44. The van der Waals surface area contributed by atoms with Crippen LogP contribution in [-0.2, 0) is 4.74 Å². The molecule has 0 heterocycles. The van der Waals surface area contributed by atoms with E-state index in [9.17, 15) is 4.39 Å². The molecule has 0 aliphatic carbocycles. The Hall–Kier alpha value is -1.13. The van der Waals surface area contributed by atoms with Crippen LogP contribution in [0.3, 0.4) is 0 Å². The second-order valence-electron chi connectivity index (χ2n) is 3.52. The van der Waals surface area contributed by atoms with Crippen LogP contribution in [-0.4, -0.2) is 25.9 Å². The highest BCUT2D eigenvalue weighted by Crippen LogP contribution is 2.14. The van der Waals surface area contributed by atoms with Crippen molar-refractivity contribution >= 4 is 0 Å². The Balaban J connectivity index is 2.14. The van der Waals surface area contributed by atoms with E-state index in [1.807, 2.05) is 6.92 Å². The number of nitrogens with two attached hydrogens (primary N) is 1. The molecule has 0 spiro atoms. The maximum Gasteiger partial charge on any atom is 0.165 e. The van der Waals surface area contributed by atoms with Crippen LogP contribution in [0.2, 0.25) is 0 Å². The molecule has 2 N–H and O–H groups in total. The topological polar surface area (TPSA) is 44.5 Å². The van der Waals surface area contributed by atoms with Crippen molar-refractivity contribution in [2.24, 2.45) is 5.73 Å². The zero-order valence-corrected chi connectivity index (χ0v) is 9.49. The quantitative estimate of drug-likeness (QED) is 0.724. The summed E-state index contributed by atoms with van der Waals surface area (Å²) in [5.74, 6) is -0.0985. The van der Waals surface area contributed by atoms with E-state index in [4.69, 9.17) is 15.2 Å². The van der Waals surface area contributed by atoms with Gasteiger partial charge in [-0.3, -0.25) is 0 Å². The first-order chi connectivity index (χ1) is 7.74. The summed E-state index contributed by atoms with van der Waals surface area (Å²) in [6, 6.07) is 6.37. The first kappa shape index (κ1) is 12.9. The average Bonchev–Trinajstić information content (AvgIpc) is 2.30. The molecule has 0 radical (unpaired) electrons. The van der Waals surface area contributed by atoms with E-state index in [-0.39, 0.29) is 17.6 Å². The molecule has 0 aliphatic heterocycles. The van der Waals surface area contributed by atoms with Crippen molar-refractivity contribution in [3.8, 4) is 5.75 Å². The fraction of sp³-hybridized carbons (Fsp3) is 0.500. The summed E-state index contributed by atoms with van der Waals surface area (Å²) in [5, 5.41) is 0. The van der Waals surface area contributed by atoms with Gasteiger partial charge in [0.25, 0.3) is 0 Å². The van der Waals surface area contributed by atoms with Crippen molar-refractivity contribution in [3.05, 3.63) is 30.1 Å². The number of hydrogen-bond donors (Lipinski definition) is 1. The van der Waals surface area contributed by atoms with Crippen molar-refractivity contribution in [3.63, 3.8) is 0 Å². The van der Waals surface area contributed by atoms with Crippen LogP contribution in [0.1, 0.15) is 13.3 Å². The summed E-state index contributed by atoms with van der Waals surface area (Å²) in [5.41, 5.74) is 5.66. The average molecular weight is 227 g/mol. The van der Waals surface area contributed by atoms with Crippen LogP contribution < -0.4 is 10.5 Å². The molecule has 0 saturated carbocycles. The first-order valence-electron chi connectivity index (χ1n) is 5.44. The molecule has 3 nitrogen and oxygen atoms in total. The van der Waals surface area contributed by atoms with Crippen LogP contribution in [0.25, 0.3) is 0 Å². The molecule has 0 aliphatic rings. The lowest BCUT2D eigenvalue weighted by Gasteiger charge is -2.10. The zero-order chi connectivity index (χ0) is 11.8. The predicted octanol–water partition coefficient (Wildman–Crippen LogP) is 1.96. The van der Waals surface area contributed by atoms with E-state index in [1.54, 1.807) is 18.2 Å². The summed E-state index contributed by atoms with van der Waals surface area (Å²) in [7, 11) is 0. The van der Waals surface area contributed by atoms with Gasteiger partial charge in [0.2, 0.25) is 0 Å². The van der Waals surface area contributed by atoms with Gasteiger partial charge in [-0.1, -0.05) is 19.1 Å². The van der Waals surface area contributed by atoms with E-state index >= 15 is 0 Å². The number of benzene rings is 1. The summed E-state index contributed by atoms with van der Waals surface area (Å²) in [6.45, 7) is 3.26. The molecule has 16 heavy (non-hydrogen) atoms. The van der Waals surface area contributed by atoms with Gasteiger partial charge in [0.15, 0.2) is 11.6 Å². The highest BCUT2D eigenvalue weighted by Gasteiger charge is 2.01. The normalized spacial score (nSPS) is 12.4. The molecule has 1 aromatic rings. The number of para-hydroxylation sites is 1. The van der Waals surface area contributed by atoms with Crippen LogP contribution in [0.5, 0.6) is 5.75 Å². The van der Waals surface area contributed by atoms with Gasteiger partial charge in [0.1, 0.15) is 6.61 Å². The highest BCUT2D eigenvalue weighted by molar-refractivity contribution is 5.23. The Kier molecular flexibility index (Phi) is 5.82. The summed E-state index contributed by atoms with van der Waals surface area (Å²) < 4.78 is 23.6. The van der Waals surface area contributed by atoms with Crippen molar-refractivity contribution in [2.75, 3.05) is 19.8 Å². The minimum absolute atomic E-state index is 0.0634. The molecule has 0 amide bonds. The van der Waals surface area contributed by atoms with Crippen molar-refractivity contribution < 1.29 is 13.9 Å². The Labute approximate surface area is 95.4 Å². The van der Waals surface area contributed by atoms with Crippen molar-refractivity contribution in [1.82, 2.24) is 0 Å². The molecular weight excluding hydrogens is 209 g/mol. The smallest absolute Gasteiger partial charge is 0.165 e. The molecule has 1 unspecified atom stereocenters. The van der Waals surface area contributed by atoms with Crippen molar-refractivity contribution in [1.29, 1.82) is 0 Å². The molecular formula is C12H18FNO2. The van der Waals surface area contributed by atoms with Gasteiger partial charge in [0.05, 0.1) is 13.2 Å². The van der Waals surface area contributed by atoms with Crippen LogP contribution in [0.4, 0.5) is 4.39 Å². The third-order valence-corrected chi connectivity index (χ3v) is 2.18. The Morgan fingerprint density at radius 3 is 2.75 bits per heavy atom. The van der Waals surface area contributed by atoms with Gasteiger partial charge in [-0.2, -0.15) is 0 Å². The van der Waals surface area contributed by atoms with Gasteiger partial charge in [-0.05, 0) is 18.6 Å². The maximum atomic E-state index is 13.1. The molecule has 0 bridgehead atoms. The fourth-order valence-electron chi connectivity index (χ4n) is 1.12. The van der Waals surface area contributed by atoms with E-state index in [0.717, 1.165) is 6.42 Å². The number of rotatable bonds is 7. The molecule has 1 aromatic carbocycles. The highest BCUT2D eigenvalue weighted by atomic mass is 19.1. The monoisotopic (exact) mass is 227 g/mol. The Bertz CT molecular complexity index is 307. The molecule has 1 atom stereocenters. The van der Waals surface area contributed by atoms with Gasteiger partial charge in [-0.15, -0.1) is 0 Å². The van der Waals surface area contributed by atoms with Gasteiger partial charge in [0, 0.05) is 6.04 Å². The predicted molar refractivity (Wildman–Crippen MR) is 61.0 cm³/mol. The molecule has 1 rings (SSSR count). The third kappa shape index (κ3) is 4.59. The van der Waals surface area contributed by atoms with E-state index in [0.29, 0.717) is 19.8 Å². The van der Waals surface area contributed by atoms with Gasteiger partial charge in [-0.25, -0.2) is 4.39 Å². The standard InChI is InChI=1S/C12H18FNO2/c1-2-10(14)9-15-7-8-16-12-6-4-3-5-11(12)13/h3-6,10H,2,7-9,14H2,1H3. The summed E-state index contributed by atoms with van der Waals surface area (Å²) in [6.07, 6.45) is 0.883. The lowest BCUT2D eigenvalue weighted by atomic mass is 10.3. The molecule has 0 fully saturated rings. The number of halogens is 1.